The van der Waals surface area contributed by atoms with Gasteiger partial charge in [-0.25, -0.2) is 4.98 Å². The molecule has 0 fully saturated rings. The molecule has 3 rings (SSSR count). The van der Waals surface area contributed by atoms with Gasteiger partial charge in [0.25, 0.3) is 0 Å². The smallest absolute Gasteiger partial charge is 0.220 e. The highest BCUT2D eigenvalue weighted by atomic mass is 19.1. The highest BCUT2D eigenvalue weighted by Crippen LogP contribution is 2.27. The molecule has 0 unspecified atom stereocenters. The van der Waals surface area contributed by atoms with Crippen molar-refractivity contribution in [3.8, 4) is 22.3 Å². The number of halogens is 1. The fraction of sp³-hybridized carbons (Fsp3) is 0.485. The van der Waals surface area contributed by atoms with Gasteiger partial charge in [-0.2, -0.15) is 4.39 Å². The first-order chi connectivity index (χ1) is 17.2. The highest BCUT2D eigenvalue weighted by Gasteiger charge is 2.09. The second kappa shape index (κ2) is 15.5. The summed E-state index contributed by atoms with van der Waals surface area (Å²) < 4.78 is 14.8. The Morgan fingerprint density at radius 2 is 1.00 bits per heavy atom. The molecule has 0 aliphatic heterocycles. The van der Waals surface area contributed by atoms with E-state index in [-0.39, 0.29) is 5.95 Å². The van der Waals surface area contributed by atoms with Crippen LogP contribution in [0.1, 0.15) is 102 Å². The molecule has 0 saturated heterocycles. The molecule has 0 radical (unpaired) electrons. The molecule has 188 valence electrons. The fourth-order valence-corrected chi connectivity index (χ4v) is 4.73. The molecular formula is C33H44FN. The lowest BCUT2D eigenvalue weighted by Crippen LogP contribution is -1.96. The third kappa shape index (κ3) is 9.24. The average molecular weight is 474 g/mol. The van der Waals surface area contributed by atoms with Gasteiger partial charge in [-0.3, -0.25) is 0 Å². The maximum Gasteiger partial charge on any atom is 0.220 e. The van der Waals surface area contributed by atoms with Crippen LogP contribution in [0.2, 0.25) is 0 Å². The van der Waals surface area contributed by atoms with Crippen LogP contribution in [0.3, 0.4) is 0 Å². The third-order valence-electron chi connectivity index (χ3n) is 7.00. The Morgan fingerprint density at radius 1 is 0.514 bits per heavy atom. The zero-order chi connectivity index (χ0) is 24.7. The van der Waals surface area contributed by atoms with Gasteiger partial charge in [0.05, 0.1) is 0 Å². The minimum atomic E-state index is -0.361. The Bertz CT molecular complexity index is 975. The van der Waals surface area contributed by atoms with E-state index in [1.807, 2.05) is 24.3 Å². The van der Waals surface area contributed by atoms with Crippen LogP contribution in [0.4, 0.5) is 4.39 Å². The first-order valence-corrected chi connectivity index (χ1v) is 14.1. The number of benzene rings is 2. The van der Waals surface area contributed by atoms with Crippen LogP contribution in [0.5, 0.6) is 0 Å². The number of hydrogen-bond donors (Lipinski definition) is 0. The molecule has 0 N–H and O–H groups in total. The number of aromatic nitrogens is 1. The van der Waals surface area contributed by atoms with Crippen molar-refractivity contribution < 1.29 is 4.39 Å². The van der Waals surface area contributed by atoms with E-state index in [0.29, 0.717) is 5.56 Å². The summed E-state index contributed by atoms with van der Waals surface area (Å²) in [6.45, 7) is 4.50. The summed E-state index contributed by atoms with van der Waals surface area (Å²) >= 11 is 0. The number of rotatable bonds is 16. The van der Waals surface area contributed by atoms with Crippen LogP contribution < -0.4 is 0 Å². The lowest BCUT2D eigenvalue weighted by molar-refractivity contribution is 0.570. The van der Waals surface area contributed by atoms with Gasteiger partial charge in [-0.15, -0.1) is 0 Å². The predicted molar refractivity (Wildman–Crippen MR) is 149 cm³/mol. The zero-order valence-electron chi connectivity index (χ0n) is 22.0. The van der Waals surface area contributed by atoms with Crippen molar-refractivity contribution in [2.75, 3.05) is 0 Å². The van der Waals surface area contributed by atoms with E-state index >= 15 is 0 Å². The summed E-state index contributed by atoms with van der Waals surface area (Å²) in [7, 11) is 0. The molecular weight excluding hydrogens is 429 g/mol. The maximum absolute atomic E-state index is 14.8. The summed E-state index contributed by atoms with van der Waals surface area (Å²) in [5.74, 6) is -0.361. The molecule has 0 spiro atoms. The third-order valence-corrected chi connectivity index (χ3v) is 7.00. The van der Waals surface area contributed by atoms with Crippen molar-refractivity contribution in [2.45, 2.75) is 104 Å². The van der Waals surface area contributed by atoms with E-state index in [1.165, 1.54) is 81.8 Å². The van der Waals surface area contributed by atoms with E-state index < -0.39 is 0 Å². The van der Waals surface area contributed by atoms with Crippen LogP contribution in [-0.4, -0.2) is 4.98 Å². The van der Waals surface area contributed by atoms with Crippen molar-refractivity contribution in [1.82, 2.24) is 4.98 Å². The van der Waals surface area contributed by atoms with Crippen molar-refractivity contribution >= 4 is 0 Å². The molecule has 3 aromatic rings. The van der Waals surface area contributed by atoms with Crippen molar-refractivity contribution in [3.05, 3.63) is 77.9 Å². The van der Waals surface area contributed by atoms with Crippen molar-refractivity contribution in [1.29, 1.82) is 0 Å². The second-order valence-corrected chi connectivity index (χ2v) is 9.95. The Morgan fingerprint density at radius 3 is 1.57 bits per heavy atom. The minimum absolute atomic E-state index is 0.361. The number of pyridine rings is 1. The molecule has 2 heteroatoms. The monoisotopic (exact) mass is 473 g/mol. The Kier molecular flexibility index (Phi) is 12.0. The fourth-order valence-electron chi connectivity index (χ4n) is 4.73. The van der Waals surface area contributed by atoms with Gasteiger partial charge in [-0.05, 0) is 60.1 Å². The van der Waals surface area contributed by atoms with Crippen LogP contribution in [0, 0.1) is 5.95 Å². The molecule has 0 bridgehead atoms. The van der Waals surface area contributed by atoms with E-state index in [2.05, 4.69) is 55.2 Å². The van der Waals surface area contributed by atoms with E-state index in [9.17, 15) is 4.39 Å². The molecule has 1 nitrogen and oxygen atoms in total. The molecule has 2 aromatic carbocycles. The molecule has 1 aromatic heterocycles. The molecule has 0 aliphatic carbocycles. The summed E-state index contributed by atoms with van der Waals surface area (Å²) in [4.78, 5) is 4.25. The summed E-state index contributed by atoms with van der Waals surface area (Å²) in [6.07, 6.45) is 17.4. The Hall–Kier alpha value is -2.48. The number of hydrogen-bond acceptors (Lipinski definition) is 1. The van der Waals surface area contributed by atoms with Gasteiger partial charge in [0.2, 0.25) is 5.95 Å². The van der Waals surface area contributed by atoms with Crippen LogP contribution in [0.15, 0.2) is 60.7 Å². The quantitative estimate of drug-likeness (QED) is 0.149. The van der Waals surface area contributed by atoms with Crippen LogP contribution in [0.25, 0.3) is 22.3 Å². The van der Waals surface area contributed by atoms with Gasteiger partial charge < -0.3 is 0 Å². The summed E-state index contributed by atoms with van der Waals surface area (Å²) in [5, 5.41) is 0. The maximum atomic E-state index is 14.8. The SMILES string of the molecule is CCCCCCCCc1ccc(-c2ccc(-c3ccc(CCCCCCCC)nc3F)cc2)cc1. The van der Waals surface area contributed by atoms with Crippen molar-refractivity contribution in [3.63, 3.8) is 0 Å². The summed E-state index contributed by atoms with van der Waals surface area (Å²) in [5.41, 5.74) is 6.10. The average Bonchev–Trinajstić information content (AvgIpc) is 2.89. The lowest BCUT2D eigenvalue weighted by Gasteiger charge is -2.08. The zero-order valence-corrected chi connectivity index (χ0v) is 22.0. The van der Waals surface area contributed by atoms with Gasteiger partial charge in [0, 0.05) is 11.3 Å². The Labute approximate surface area is 213 Å². The van der Waals surface area contributed by atoms with Crippen molar-refractivity contribution in [2.24, 2.45) is 0 Å². The standard InChI is InChI=1S/C33H44FN/c1-3-5-7-9-11-13-15-27-17-19-28(20-18-27)29-21-23-30(24-22-29)32-26-25-31(35-33(32)34)16-14-12-10-8-6-4-2/h17-26H,3-16H2,1-2H3. The number of nitrogens with zero attached hydrogens (tertiary/aromatic N) is 1. The first kappa shape index (κ1) is 27.1. The largest absolute Gasteiger partial charge is 0.224 e. The van der Waals surface area contributed by atoms with E-state index in [1.54, 1.807) is 0 Å². The van der Waals surface area contributed by atoms with Gasteiger partial charge >= 0.3 is 0 Å². The molecule has 35 heavy (non-hydrogen) atoms. The van der Waals surface area contributed by atoms with Crippen LogP contribution in [-0.2, 0) is 12.8 Å². The van der Waals surface area contributed by atoms with Crippen LogP contribution >= 0.6 is 0 Å². The number of unbranched alkanes of at least 4 members (excludes halogenated alkanes) is 10. The molecule has 1 heterocycles. The molecule has 0 amide bonds. The molecule has 0 aliphatic rings. The topological polar surface area (TPSA) is 12.9 Å². The highest BCUT2D eigenvalue weighted by molar-refractivity contribution is 5.70. The summed E-state index contributed by atoms with van der Waals surface area (Å²) in [6, 6.07) is 21.0. The van der Waals surface area contributed by atoms with Gasteiger partial charge in [-0.1, -0.05) is 127 Å². The van der Waals surface area contributed by atoms with Gasteiger partial charge in [0.1, 0.15) is 0 Å². The normalized spacial score (nSPS) is 11.2. The van der Waals surface area contributed by atoms with E-state index in [4.69, 9.17) is 0 Å². The van der Waals surface area contributed by atoms with Gasteiger partial charge in [0.15, 0.2) is 0 Å². The Balaban J connectivity index is 1.51. The molecule has 0 saturated carbocycles. The predicted octanol–water partition coefficient (Wildman–Crippen LogP) is 10.4. The first-order valence-electron chi connectivity index (χ1n) is 14.1. The minimum Gasteiger partial charge on any atom is -0.224 e. The molecule has 0 atom stereocenters. The lowest BCUT2D eigenvalue weighted by atomic mass is 9.98. The second-order valence-electron chi connectivity index (χ2n) is 9.95. The van der Waals surface area contributed by atoms with E-state index in [0.717, 1.165) is 36.1 Å². The number of aryl methyl sites for hydroxylation is 2.